The number of nitrogens with two attached hydrogens (primary N) is 1. The van der Waals surface area contributed by atoms with E-state index in [1.54, 1.807) is 19.0 Å². The van der Waals surface area contributed by atoms with Gasteiger partial charge >= 0.3 is 0 Å². The van der Waals surface area contributed by atoms with Crippen molar-refractivity contribution in [3.8, 4) is 0 Å². The molecule has 0 spiro atoms. The number of rotatable bonds is 4. The van der Waals surface area contributed by atoms with E-state index in [1.165, 1.54) is 0 Å². The molecule has 21 heavy (non-hydrogen) atoms. The highest BCUT2D eigenvalue weighted by molar-refractivity contribution is 9.10. The van der Waals surface area contributed by atoms with Crippen molar-refractivity contribution >= 4 is 39.5 Å². The summed E-state index contributed by atoms with van der Waals surface area (Å²) in [5.74, 6) is 4.42. The van der Waals surface area contributed by atoms with Crippen LogP contribution in [0.1, 0.15) is 0 Å². The van der Waals surface area contributed by atoms with Crippen LogP contribution in [0.3, 0.4) is 0 Å². The summed E-state index contributed by atoms with van der Waals surface area (Å²) < 4.78 is 27.3. The Balaban J connectivity index is 2.39. The van der Waals surface area contributed by atoms with Gasteiger partial charge in [-0.1, -0.05) is 0 Å². The first-order valence-electron chi connectivity index (χ1n) is 5.72. The van der Waals surface area contributed by atoms with Crippen LogP contribution < -0.4 is 21.5 Å². The molecule has 0 unspecified atom stereocenters. The number of nitrogens with zero attached hydrogens (tertiary/aromatic N) is 4. The Morgan fingerprint density at radius 3 is 2.38 bits per heavy atom. The Morgan fingerprint density at radius 2 is 1.76 bits per heavy atom. The third-order valence-corrected chi connectivity index (χ3v) is 3.02. The number of halogens is 3. The van der Waals surface area contributed by atoms with Gasteiger partial charge < -0.3 is 10.2 Å². The summed E-state index contributed by atoms with van der Waals surface area (Å²) in [6.07, 6.45) is 0. The number of hydrogen-bond acceptors (Lipinski definition) is 7. The van der Waals surface area contributed by atoms with Gasteiger partial charge in [-0.05, 0) is 22.0 Å². The molecule has 0 aliphatic rings. The lowest BCUT2D eigenvalue weighted by atomic mass is 10.3. The lowest BCUT2D eigenvalue weighted by Crippen LogP contribution is -2.18. The minimum Gasteiger partial charge on any atom is -0.347 e. The maximum Gasteiger partial charge on any atom is 0.243 e. The van der Waals surface area contributed by atoms with Crippen molar-refractivity contribution in [1.29, 1.82) is 0 Å². The van der Waals surface area contributed by atoms with Gasteiger partial charge in [0.05, 0.1) is 10.2 Å². The number of aromatic nitrogens is 3. The van der Waals surface area contributed by atoms with Crippen molar-refractivity contribution in [3.05, 3.63) is 28.2 Å². The molecule has 0 amide bonds. The highest BCUT2D eigenvalue weighted by atomic mass is 79.9. The van der Waals surface area contributed by atoms with Crippen LogP contribution in [0.5, 0.6) is 0 Å². The molecule has 4 N–H and O–H groups in total. The summed E-state index contributed by atoms with van der Waals surface area (Å²) >= 11 is 2.90. The first-order valence-corrected chi connectivity index (χ1v) is 6.51. The normalized spacial score (nSPS) is 10.4. The van der Waals surface area contributed by atoms with Crippen molar-refractivity contribution in [2.45, 2.75) is 0 Å². The van der Waals surface area contributed by atoms with Gasteiger partial charge in [-0.2, -0.15) is 15.0 Å². The lowest BCUT2D eigenvalue weighted by Gasteiger charge is -2.13. The monoisotopic (exact) mass is 359 g/mol. The van der Waals surface area contributed by atoms with Crippen LogP contribution in [-0.4, -0.2) is 29.0 Å². The Hall–Kier alpha value is -2.07. The van der Waals surface area contributed by atoms with Crippen LogP contribution in [0.15, 0.2) is 16.6 Å². The third-order valence-electron chi connectivity index (χ3n) is 2.41. The number of anilines is 4. The van der Waals surface area contributed by atoms with Gasteiger partial charge in [0, 0.05) is 20.2 Å². The maximum atomic E-state index is 13.8. The van der Waals surface area contributed by atoms with Gasteiger partial charge in [0.15, 0.2) is 0 Å². The highest BCUT2D eigenvalue weighted by Crippen LogP contribution is 2.25. The summed E-state index contributed by atoms with van der Waals surface area (Å²) in [5, 5.41) is 2.59. The molecule has 0 aliphatic carbocycles. The zero-order valence-corrected chi connectivity index (χ0v) is 12.7. The van der Waals surface area contributed by atoms with E-state index in [0.29, 0.717) is 5.95 Å². The molecule has 0 aliphatic heterocycles. The number of nitrogens with one attached hydrogen (secondary N) is 2. The van der Waals surface area contributed by atoms with Crippen LogP contribution in [0, 0.1) is 11.6 Å². The van der Waals surface area contributed by atoms with E-state index in [0.717, 1.165) is 12.1 Å². The van der Waals surface area contributed by atoms with Crippen LogP contribution in [0.4, 0.5) is 32.3 Å². The lowest BCUT2D eigenvalue weighted by molar-refractivity contribution is 0.597. The van der Waals surface area contributed by atoms with E-state index < -0.39 is 11.6 Å². The van der Waals surface area contributed by atoms with Gasteiger partial charge in [0.1, 0.15) is 11.6 Å². The van der Waals surface area contributed by atoms with Crippen LogP contribution in [-0.2, 0) is 0 Å². The second-order valence-electron chi connectivity index (χ2n) is 4.19. The largest absolute Gasteiger partial charge is 0.347 e. The molecule has 2 aromatic rings. The number of nitrogen functional groups attached to an aromatic ring is 1. The van der Waals surface area contributed by atoms with E-state index in [2.05, 4.69) is 41.6 Å². The molecule has 0 saturated carbocycles. The van der Waals surface area contributed by atoms with E-state index in [-0.39, 0.29) is 22.1 Å². The zero-order valence-electron chi connectivity index (χ0n) is 11.2. The quantitative estimate of drug-likeness (QED) is 0.436. The molecular formula is C11H12BrF2N7. The Bertz CT molecular complexity index is 665. The summed E-state index contributed by atoms with van der Waals surface area (Å²) in [5.41, 5.74) is 2.18. The Kier molecular flexibility index (Phi) is 4.48. The molecule has 1 aromatic carbocycles. The fourth-order valence-corrected chi connectivity index (χ4v) is 1.74. The molecule has 1 heterocycles. The van der Waals surface area contributed by atoms with E-state index in [4.69, 9.17) is 5.84 Å². The third kappa shape index (κ3) is 3.52. The predicted octanol–water partition coefficient (Wildman–Crippen LogP) is 2.01. The van der Waals surface area contributed by atoms with Crippen LogP contribution in [0.2, 0.25) is 0 Å². The van der Waals surface area contributed by atoms with Gasteiger partial charge in [0.25, 0.3) is 0 Å². The molecule has 0 saturated heterocycles. The minimum atomic E-state index is -0.655. The first kappa shape index (κ1) is 15.3. The van der Waals surface area contributed by atoms with E-state index >= 15 is 0 Å². The van der Waals surface area contributed by atoms with E-state index in [9.17, 15) is 8.78 Å². The first-order chi connectivity index (χ1) is 9.90. The fourth-order valence-electron chi connectivity index (χ4n) is 1.42. The van der Waals surface area contributed by atoms with Crippen LogP contribution in [0.25, 0.3) is 0 Å². The summed E-state index contributed by atoms with van der Waals surface area (Å²) in [7, 11) is 3.44. The van der Waals surface area contributed by atoms with Crippen molar-refractivity contribution < 1.29 is 8.78 Å². The standard InChI is InChI=1S/C11H12BrF2N7/c1-21(2)11-18-9(17-10(19-11)20-15)16-8-4-6(13)5(12)3-7(8)14/h3-4H,15H2,1-2H3,(H2,16,17,18,19,20). The molecular weight excluding hydrogens is 348 g/mol. The number of hydrogen-bond donors (Lipinski definition) is 3. The molecule has 0 bridgehead atoms. The van der Waals surface area contributed by atoms with Crippen molar-refractivity contribution in [1.82, 2.24) is 15.0 Å². The van der Waals surface area contributed by atoms with Crippen molar-refractivity contribution in [2.75, 3.05) is 29.7 Å². The molecule has 2 rings (SSSR count). The predicted molar refractivity (Wildman–Crippen MR) is 79.3 cm³/mol. The summed E-state index contributed by atoms with van der Waals surface area (Å²) in [4.78, 5) is 13.6. The van der Waals surface area contributed by atoms with Gasteiger partial charge in [-0.15, -0.1) is 0 Å². The van der Waals surface area contributed by atoms with E-state index in [1.807, 2.05) is 0 Å². The summed E-state index contributed by atoms with van der Waals surface area (Å²) in [6, 6.07) is 2.00. The van der Waals surface area contributed by atoms with Gasteiger partial charge in [-0.3, -0.25) is 5.43 Å². The van der Waals surface area contributed by atoms with Gasteiger partial charge in [-0.25, -0.2) is 14.6 Å². The fraction of sp³-hybridized carbons (Fsp3) is 0.182. The molecule has 0 radical (unpaired) electrons. The van der Waals surface area contributed by atoms with Gasteiger partial charge in [0.2, 0.25) is 17.8 Å². The minimum absolute atomic E-state index is 0.0273. The second kappa shape index (κ2) is 6.14. The molecule has 7 nitrogen and oxygen atoms in total. The molecule has 0 fully saturated rings. The topological polar surface area (TPSA) is 92.0 Å². The van der Waals surface area contributed by atoms with Crippen molar-refractivity contribution in [3.63, 3.8) is 0 Å². The molecule has 10 heteroatoms. The zero-order chi connectivity index (χ0) is 15.6. The number of benzene rings is 1. The van der Waals surface area contributed by atoms with Crippen LogP contribution >= 0.6 is 15.9 Å². The highest BCUT2D eigenvalue weighted by Gasteiger charge is 2.12. The maximum absolute atomic E-state index is 13.8. The average Bonchev–Trinajstić information content (AvgIpc) is 2.44. The smallest absolute Gasteiger partial charge is 0.243 e. The second-order valence-corrected chi connectivity index (χ2v) is 5.05. The Labute approximate surface area is 127 Å². The molecule has 112 valence electrons. The number of hydrazine groups is 1. The Morgan fingerprint density at radius 1 is 1.10 bits per heavy atom. The van der Waals surface area contributed by atoms with Crippen molar-refractivity contribution in [2.24, 2.45) is 5.84 Å². The average molecular weight is 360 g/mol. The molecule has 1 aromatic heterocycles. The summed E-state index contributed by atoms with van der Waals surface area (Å²) in [6.45, 7) is 0. The molecule has 0 atom stereocenters. The SMILES string of the molecule is CN(C)c1nc(NN)nc(Nc2cc(F)c(Br)cc2F)n1.